The van der Waals surface area contributed by atoms with Crippen molar-refractivity contribution in [2.45, 2.75) is 23.9 Å². The van der Waals surface area contributed by atoms with E-state index in [9.17, 15) is 39.5 Å². The largest absolute Gasteiger partial charge is 0.460 e. The molecular formula is C9H9F9O2. The Bertz CT molecular complexity index is 335. The summed E-state index contributed by atoms with van der Waals surface area (Å²) in [6.07, 6.45) is -7.48. The van der Waals surface area contributed by atoms with Crippen LogP contribution < -0.4 is 0 Å². The predicted molar refractivity (Wildman–Crippen MR) is 47.9 cm³/mol. The van der Waals surface area contributed by atoms with Crippen LogP contribution in [0.15, 0.2) is 12.2 Å². The molecule has 2 nitrogen and oxygen atoms in total. The van der Waals surface area contributed by atoms with Gasteiger partial charge in [-0.15, -0.1) is 0 Å². The Morgan fingerprint density at radius 3 is 1.75 bits per heavy atom. The van der Waals surface area contributed by atoms with Gasteiger partial charge in [0.2, 0.25) is 0 Å². The van der Waals surface area contributed by atoms with Crippen LogP contribution >= 0.6 is 0 Å². The van der Waals surface area contributed by atoms with Gasteiger partial charge < -0.3 is 9.84 Å². The minimum absolute atomic E-state index is 0.149. The molecule has 11 heteroatoms. The first kappa shape index (κ1) is 19.0. The highest BCUT2D eigenvalue weighted by molar-refractivity contribution is 5.10. The summed E-state index contributed by atoms with van der Waals surface area (Å²) in [6, 6.07) is 0. The van der Waals surface area contributed by atoms with Gasteiger partial charge in [-0.3, -0.25) is 0 Å². The molecule has 0 heterocycles. The number of hydrogen-bond acceptors (Lipinski definition) is 2. The maximum absolute atomic E-state index is 12.8. The lowest BCUT2D eigenvalue weighted by atomic mass is 10.0. The molecule has 0 fully saturated rings. The standard InChI is InChI=1S/C9H9F9O2/c10-6(11,2-1-4-20-5-3-19)7(12,13)8(14,15)9(16,17)18/h1-2,19H,3-5H2/b2-1-. The predicted octanol–water partition coefficient (Wildman–Crippen LogP) is 3.02. The summed E-state index contributed by atoms with van der Waals surface area (Å²) in [7, 11) is 0. The fraction of sp³-hybridized carbons (Fsp3) is 0.778. The van der Waals surface area contributed by atoms with Crippen molar-refractivity contribution in [2.24, 2.45) is 0 Å². The fourth-order valence-corrected chi connectivity index (χ4v) is 0.904. The second kappa shape index (κ2) is 6.20. The normalized spacial score (nSPS) is 15.1. The molecule has 0 unspecified atom stereocenters. The second-order valence-electron chi connectivity index (χ2n) is 3.47. The van der Waals surface area contributed by atoms with Crippen molar-refractivity contribution >= 4 is 0 Å². The number of halogens is 9. The van der Waals surface area contributed by atoms with Gasteiger partial charge in [0.15, 0.2) is 0 Å². The minimum Gasteiger partial charge on any atom is -0.394 e. The summed E-state index contributed by atoms with van der Waals surface area (Å²) in [6.45, 7) is -1.65. The first-order valence-corrected chi connectivity index (χ1v) is 4.87. The average molecular weight is 320 g/mol. The van der Waals surface area contributed by atoms with Gasteiger partial charge in [0.1, 0.15) is 0 Å². The van der Waals surface area contributed by atoms with Crippen molar-refractivity contribution in [3.63, 3.8) is 0 Å². The molecule has 0 bridgehead atoms. The van der Waals surface area contributed by atoms with Gasteiger partial charge in [-0.05, 0) is 6.08 Å². The van der Waals surface area contributed by atoms with Gasteiger partial charge in [-0.25, -0.2) is 0 Å². The Kier molecular flexibility index (Phi) is 5.90. The van der Waals surface area contributed by atoms with Gasteiger partial charge in [-0.2, -0.15) is 39.5 Å². The molecule has 120 valence electrons. The average Bonchev–Trinajstić information content (AvgIpc) is 2.26. The van der Waals surface area contributed by atoms with Gasteiger partial charge in [0, 0.05) is 0 Å². The molecule has 0 aromatic carbocycles. The Morgan fingerprint density at radius 1 is 0.850 bits per heavy atom. The molecule has 0 saturated carbocycles. The van der Waals surface area contributed by atoms with E-state index >= 15 is 0 Å². The van der Waals surface area contributed by atoms with E-state index in [0.717, 1.165) is 0 Å². The number of rotatable bonds is 7. The van der Waals surface area contributed by atoms with E-state index in [0.29, 0.717) is 0 Å². The van der Waals surface area contributed by atoms with Crippen LogP contribution in [0.1, 0.15) is 0 Å². The maximum atomic E-state index is 12.8. The highest BCUT2D eigenvalue weighted by atomic mass is 19.4. The zero-order valence-corrected chi connectivity index (χ0v) is 9.53. The van der Waals surface area contributed by atoms with E-state index in [4.69, 9.17) is 5.11 Å². The fourth-order valence-electron chi connectivity index (χ4n) is 0.904. The van der Waals surface area contributed by atoms with E-state index in [1.807, 2.05) is 0 Å². The van der Waals surface area contributed by atoms with Crippen LogP contribution in [0.25, 0.3) is 0 Å². The smallest absolute Gasteiger partial charge is 0.394 e. The molecule has 20 heavy (non-hydrogen) atoms. The summed E-state index contributed by atoms with van der Waals surface area (Å²) in [5.74, 6) is -19.3. The van der Waals surface area contributed by atoms with E-state index in [2.05, 4.69) is 4.74 Å². The summed E-state index contributed by atoms with van der Waals surface area (Å²) in [4.78, 5) is 0. The SMILES string of the molecule is OCCOC/C=C\C(F)(F)C(F)(F)C(F)(F)C(F)(F)F. The Hall–Kier alpha value is -0.970. The molecule has 0 rings (SSSR count). The van der Waals surface area contributed by atoms with Crippen molar-refractivity contribution in [3.05, 3.63) is 12.2 Å². The first-order chi connectivity index (χ1) is 8.81. The van der Waals surface area contributed by atoms with Crippen molar-refractivity contribution in [2.75, 3.05) is 19.8 Å². The highest BCUT2D eigenvalue weighted by Crippen LogP contribution is 2.53. The van der Waals surface area contributed by atoms with Crippen LogP contribution in [0.4, 0.5) is 39.5 Å². The molecule has 0 atom stereocenters. The van der Waals surface area contributed by atoms with Gasteiger partial charge >= 0.3 is 23.9 Å². The van der Waals surface area contributed by atoms with Gasteiger partial charge in [-0.1, -0.05) is 6.08 Å². The summed E-state index contributed by atoms with van der Waals surface area (Å²) >= 11 is 0. The number of hydrogen-bond donors (Lipinski definition) is 1. The van der Waals surface area contributed by atoms with Crippen LogP contribution in [-0.2, 0) is 4.74 Å². The highest BCUT2D eigenvalue weighted by Gasteiger charge is 2.81. The molecular weight excluding hydrogens is 311 g/mol. The van der Waals surface area contributed by atoms with E-state index in [1.165, 1.54) is 0 Å². The molecule has 0 aliphatic heterocycles. The van der Waals surface area contributed by atoms with Crippen LogP contribution in [0.2, 0.25) is 0 Å². The second-order valence-corrected chi connectivity index (χ2v) is 3.47. The Morgan fingerprint density at radius 2 is 1.35 bits per heavy atom. The number of ether oxygens (including phenoxy) is 1. The topological polar surface area (TPSA) is 29.5 Å². The molecule has 0 saturated heterocycles. The van der Waals surface area contributed by atoms with Gasteiger partial charge in [0.05, 0.1) is 19.8 Å². The lowest BCUT2D eigenvalue weighted by Crippen LogP contribution is -2.60. The summed E-state index contributed by atoms with van der Waals surface area (Å²) in [5, 5.41) is 8.21. The monoisotopic (exact) mass is 320 g/mol. The molecule has 0 aliphatic carbocycles. The van der Waals surface area contributed by atoms with E-state index in [-0.39, 0.29) is 12.7 Å². The molecule has 0 amide bonds. The summed E-state index contributed by atoms with van der Waals surface area (Å²) < 4.78 is 115. The molecule has 0 aromatic heterocycles. The Balaban J connectivity index is 5.07. The quantitative estimate of drug-likeness (QED) is 0.444. The molecule has 0 spiro atoms. The van der Waals surface area contributed by atoms with Crippen LogP contribution in [-0.4, -0.2) is 48.9 Å². The molecule has 0 aromatic rings. The number of aliphatic hydroxyl groups is 1. The number of alkyl halides is 9. The lowest BCUT2D eigenvalue weighted by Gasteiger charge is -2.32. The van der Waals surface area contributed by atoms with Crippen LogP contribution in [0.3, 0.4) is 0 Å². The third kappa shape index (κ3) is 3.78. The first-order valence-electron chi connectivity index (χ1n) is 4.87. The van der Waals surface area contributed by atoms with Crippen molar-refractivity contribution in [3.8, 4) is 0 Å². The van der Waals surface area contributed by atoms with E-state index in [1.54, 1.807) is 0 Å². The Labute approximate surface area is 106 Å². The van der Waals surface area contributed by atoms with Crippen molar-refractivity contribution < 1.29 is 49.4 Å². The number of allylic oxidation sites excluding steroid dienone is 1. The molecule has 0 radical (unpaired) electrons. The van der Waals surface area contributed by atoms with Crippen LogP contribution in [0, 0.1) is 0 Å². The van der Waals surface area contributed by atoms with Crippen LogP contribution in [0.5, 0.6) is 0 Å². The lowest BCUT2D eigenvalue weighted by molar-refractivity contribution is -0.388. The van der Waals surface area contributed by atoms with E-state index < -0.39 is 43.2 Å². The maximum Gasteiger partial charge on any atom is 0.460 e. The van der Waals surface area contributed by atoms with Crippen molar-refractivity contribution in [1.29, 1.82) is 0 Å². The van der Waals surface area contributed by atoms with Gasteiger partial charge in [0.25, 0.3) is 0 Å². The molecule has 0 aliphatic rings. The zero-order chi connectivity index (χ0) is 16.2. The minimum atomic E-state index is -6.90. The van der Waals surface area contributed by atoms with Crippen molar-refractivity contribution in [1.82, 2.24) is 0 Å². The third-order valence-corrected chi connectivity index (χ3v) is 1.95. The third-order valence-electron chi connectivity index (χ3n) is 1.95. The zero-order valence-electron chi connectivity index (χ0n) is 9.53. The summed E-state index contributed by atoms with van der Waals surface area (Å²) in [5.41, 5.74) is 0. The molecule has 1 N–H and O–H groups in total. The number of aliphatic hydroxyl groups excluding tert-OH is 1.